The molecule has 2 heteroatoms. The molecule has 0 atom stereocenters. The van der Waals surface area contributed by atoms with Gasteiger partial charge in [-0.1, -0.05) is 38.8 Å². The van der Waals surface area contributed by atoms with Crippen LogP contribution in [0.4, 0.5) is 0 Å². The van der Waals surface area contributed by atoms with Crippen LogP contribution in [-0.2, 0) is 26.5 Å². The van der Waals surface area contributed by atoms with Gasteiger partial charge in [0.25, 0.3) is 0 Å². The first kappa shape index (κ1) is 19.1. The second-order valence-corrected chi connectivity index (χ2v) is 6.39. The average molecular weight is 475 g/mol. The standard InChI is InChI=1S/C19H22N.CH3.Pt/c1-19(2,16-11-6-7-12-16)18-14-8-13-17(20-18)15-9-4-3-5-10-15;;/h3-5,8-9,13-14,16H,6-7,11-12H2,1-2H3;1H3;/q2*-1;+2. The number of aromatic nitrogens is 1. The minimum Gasteiger partial charge on any atom is -0.358 e. The maximum absolute atomic E-state index is 4.93. The minimum absolute atomic E-state index is 0. The largest absolute Gasteiger partial charge is 2.00 e. The quantitative estimate of drug-likeness (QED) is 0.538. The molecule has 1 fully saturated rings. The molecule has 120 valence electrons. The van der Waals surface area contributed by atoms with Crippen LogP contribution in [0.2, 0.25) is 0 Å². The van der Waals surface area contributed by atoms with E-state index in [1.807, 2.05) is 18.2 Å². The number of rotatable bonds is 3. The zero-order valence-corrected chi connectivity index (χ0v) is 16.0. The molecule has 3 rings (SSSR count). The number of hydrogen-bond acceptors (Lipinski definition) is 1. The Bertz CT molecular complexity index is 571. The monoisotopic (exact) mass is 474 g/mol. The normalized spacial score (nSPS) is 15.0. The van der Waals surface area contributed by atoms with Crippen molar-refractivity contribution < 1.29 is 21.1 Å². The number of hydrogen-bond donors (Lipinski definition) is 0. The van der Waals surface area contributed by atoms with E-state index < -0.39 is 0 Å². The van der Waals surface area contributed by atoms with E-state index in [4.69, 9.17) is 4.98 Å². The van der Waals surface area contributed by atoms with Crippen LogP contribution in [0.5, 0.6) is 0 Å². The molecule has 2 aromatic rings. The van der Waals surface area contributed by atoms with Crippen molar-refractivity contribution in [2.45, 2.75) is 44.9 Å². The maximum atomic E-state index is 4.93. The zero-order valence-electron chi connectivity index (χ0n) is 13.7. The van der Waals surface area contributed by atoms with Crippen molar-refractivity contribution in [3.63, 3.8) is 0 Å². The Morgan fingerprint density at radius 1 is 1.05 bits per heavy atom. The van der Waals surface area contributed by atoms with Gasteiger partial charge >= 0.3 is 21.1 Å². The Morgan fingerprint density at radius 3 is 2.41 bits per heavy atom. The van der Waals surface area contributed by atoms with Gasteiger partial charge in [-0.3, -0.25) is 0 Å². The molecule has 1 aromatic carbocycles. The second kappa shape index (κ2) is 8.06. The average Bonchev–Trinajstić information content (AvgIpc) is 3.03. The van der Waals surface area contributed by atoms with E-state index in [9.17, 15) is 0 Å². The molecule has 0 N–H and O–H groups in total. The maximum Gasteiger partial charge on any atom is 2.00 e. The van der Waals surface area contributed by atoms with E-state index >= 15 is 0 Å². The first-order chi connectivity index (χ1) is 9.68. The van der Waals surface area contributed by atoms with Crippen LogP contribution in [0.1, 0.15) is 45.2 Å². The van der Waals surface area contributed by atoms with Crippen LogP contribution in [-0.4, -0.2) is 4.98 Å². The SMILES string of the molecule is CC(C)(c1cccc(-c2[c-]cccc2)n1)C1CCCC1.[CH3-].[Pt+2]. The summed E-state index contributed by atoms with van der Waals surface area (Å²) >= 11 is 0. The van der Waals surface area contributed by atoms with E-state index in [1.54, 1.807) is 0 Å². The molecule has 0 unspecified atom stereocenters. The Labute approximate surface area is 149 Å². The Balaban J connectivity index is 0.00000121. The molecule has 22 heavy (non-hydrogen) atoms. The summed E-state index contributed by atoms with van der Waals surface area (Å²) in [6.45, 7) is 4.70. The predicted octanol–water partition coefficient (Wildman–Crippen LogP) is 5.46. The van der Waals surface area contributed by atoms with Crippen LogP contribution >= 0.6 is 0 Å². The van der Waals surface area contributed by atoms with Gasteiger partial charge in [0.05, 0.1) is 0 Å². The summed E-state index contributed by atoms with van der Waals surface area (Å²) in [5.41, 5.74) is 3.51. The Hall–Kier alpha value is -0.942. The van der Waals surface area contributed by atoms with E-state index in [0.717, 1.165) is 17.2 Å². The van der Waals surface area contributed by atoms with Crippen LogP contribution in [0.15, 0.2) is 42.5 Å². The summed E-state index contributed by atoms with van der Waals surface area (Å²) in [6, 6.07) is 17.7. The summed E-state index contributed by atoms with van der Waals surface area (Å²) in [4.78, 5) is 4.93. The van der Waals surface area contributed by atoms with E-state index in [-0.39, 0.29) is 33.9 Å². The van der Waals surface area contributed by atoms with E-state index in [0.29, 0.717) is 0 Å². The predicted molar refractivity (Wildman–Crippen MR) is 89.9 cm³/mol. The van der Waals surface area contributed by atoms with Gasteiger partial charge < -0.3 is 12.4 Å². The van der Waals surface area contributed by atoms with Crippen molar-refractivity contribution in [3.8, 4) is 11.3 Å². The molecular weight excluding hydrogens is 449 g/mol. The third kappa shape index (κ3) is 3.87. The molecule has 0 spiro atoms. The molecular formula is C20H25NPt. The fraction of sp³-hybridized carbons (Fsp3) is 0.400. The van der Waals surface area contributed by atoms with Crippen molar-refractivity contribution in [1.82, 2.24) is 4.98 Å². The molecule has 1 heterocycles. The minimum atomic E-state index is 0. The third-order valence-electron chi connectivity index (χ3n) is 4.77. The first-order valence-corrected chi connectivity index (χ1v) is 7.62. The smallest absolute Gasteiger partial charge is 0.358 e. The van der Waals surface area contributed by atoms with Crippen LogP contribution < -0.4 is 0 Å². The molecule has 0 saturated heterocycles. The fourth-order valence-corrected chi connectivity index (χ4v) is 3.35. The number of pyridine rings is 1. The molecule has 1 nitrogen and oxygen atoms in total. The molecule has 0 aliphatic heterocycles. The molecule has 1 aromatic heterocycles. The molecule has 0 amide bonds. The summed E-state index contributed by atoms with van der Waals surface area (Å²) in [6.07, 6.45) is 5.44. The Morgan fingerprint density at radius 2 is 1.77 bits per heavy atom. The van der Waals surface area contributed by atoms with Crippen molar-refractivity contribution in [2.24, 2.45) is 5.92 Å². The first-order valence-electron chi connectivity index (χ1n) is 7.62. The van der Waals surface area contributed by atoms with Crippen molar-refractivity contribution in [1.29, 1.82) is 0 Å². The second-order valence-electron chi connectivity index (χ2n) is 6.39. The van der Waals surface area contributed by atoms with E-state index in [1.165, 1.54) is 31.4 Å². The van der Waals surface area contributed by atoms with Gasteiger partial charge in [-0.05, 0) is 30.5 Å². The van der Waals surface area contributed by atoms with Gasteiger partial charge in [-0.15, -0.1) is 35.9 Å². The van der Waals surface area contributed by atoms with Crippen LogP contribution in [0, 0.1) is 19.4 Å². The van der Waals surface area contributed by atoms with E-state index in [2.05, 4.69) is 44.2 Å². The van der Waals surface area contributed by atoms with Gasteiger partial charge in [-0.2, -0.15) is 0 Å². The van der Waals surface area contributed by atoms with Gasteiger partial charge in [0, 0.05) is 11.1 Å². The molecule has 1 saturated carbocycles. The summed E-state index contributed by atoms with van der Waals surface area (Å²) in [5.74, 6) is 0.769. The topological polar surface area (TPSA) is 12.9 Å². The van der Waals surface area contributed by atoms with Crippen molar-refractivity contribution in [3.05, 3.63) is 61.7 Å². The number of benzene rings is 1. The third-order valence-corrected chi connectivity index (χ3v) is 4.77. The van der Waals surface area contributed by atoms with Gasteiger partial charge in [-0.25, -0.2) is 0 Å². The van der Waals surface area contributed by atoms with Gasteiger partial charge in [0.15, 0.2) is 0 Å². The van der Waals surface area contributed by atoms with Crippen molar-refractivity contribution in [2.75, 3.05) is 0 Å². The molecule has 1 aliphatic carbocycles. The molecule has 0 bridgehead atoms. The van der Waals surface area contributed by atoms with Crippen LogP contribution in [0.3, 0.4) is 0 Å². The number of nitrogens with zero attached hydrogens (tertiary/aromatic N) is 1. The summed E-state index contributed by atoms with van der Waals surface area (Å²) < 4.78 is 0. The van der Waals surface area contributed by atoms with Gasteiger partial charge in [0.2, 0.25) is 0 Å². The fourth-order valence-electron chi connectivity index (χ4n) is 3.35. The molecule has 0 radical (unpaired) electrons. The van der Waals surface area contributed by atoms with Crippen molar-refractivity contribution >= 4 is 0 Å². The Kier molecular flexibility index (Phi) is 7.00. The molecule has 1 aliphatic rings. The van der Waals surface area contributed by atoms with Gasteiger partial charge in [0.1, 0.15) is 0 Å². The zero-order chi connectivity index (χ0) is 14.0. The summed E-state index contributed by atoms with van der Waals surface area (Å²) in [5, 5.41) is 0. The summed E-state index contributed by atoms with van der Waals surface area (Å²) in [7, 11) is 0. The van der Waals surface area contributed by atoms with Crippen LogP contribution in [0.25, 0.3) is 11.3 Å².